The fourth-order valence-electron chi connectivity index (χ4n) is 2.36. The molecule has 4 nitrogen and oxygen atoms in total. The van der Waals surface area contributed by atoms with Crippen molar-refractivity contribution in [2.75, 3.05) is 6.61 Å². The van der Waals surface area contributed by atoms with E-state index < -0.39 is 0 Å². The highest BCUT2D eigenvalue weighted by Crippen LogP contribution is 2.33. The SMILES string of the molecule is Cn1ccnc1C(=O)Cc1cc(Br)cc2c1OCC2. The van der Waals surface area contributed by atoms with Crippen LogP contribution in [0.5, 0.6) is 5.75 Å². The van der Waals surface area contributed by atoms with E-state index in [-0.39, 0.29) is 5.78 Å². The third-order valence-electron chi connectivity index (χ3n) is 3.25. The maximum absolute atomic E-state index is 12.3. The van der Waals surface area contributed by atoms with Gasteiger partial charge in [-0.3, -0.25) is 4.79 Å². The number of ether oxygens (including phenoxy) is 1. The summed E-state index contributed by atoms with van der Waals surface area (Å²) in [5, 5.41) is 0. The molecule has 98 valence electrons. The molecule has 2 aromatic rings. The Morgan fingerprint density at radius 2 is 2.37 bits per heavy atom. The van der Waals surface area contributed by atoms with Crippen LogP contribution in [-0.4, -0.2) is 21.9 Å². The second kappa shape index (κ2) is 4.81. The standard InChI is InChI=1S/C14H13BrN2O2/c1-17-4-3-16-14(17)12(18)8-10-7-11(15)6-9-2-5-19-13(9)10/h3-4,6-7H,2,5,8H2,1H3. The Morgan fingerprint density at radius 1 is 1.53 bits per heavy atom. The second-order valence-electron chi connectivity index (χ2n) is 4.61. The van der Waals surface area contributed by atoms with Gasteiger partial charge in [-0.05, 0) is 17.7 Å². The molecule has 3 rings (SSSR count). The number of rotatable bonds is 3. The average molecular weight is 321 g/mol. The fraction of sp³-hybridized carbons (Fsp3) is 0.286. The molecule has 0 aliphatic carbocycles. The third kappa shape index (κ3) is 2.30. The Balaban J connectivity index is 1.92. The minimum Gasteiger partial charge on any atom is -0.493 e. The Kier molecular flexibility index (Phi) is 3.14. The van der Waals surface area contributed by atoms with Crippen molar-refractivity contribution in [3.05, 3.63) is 46.0 Å². The molecule has 0 saturated carbocycles. The highest BCUT2D eigenvalue weighted by molar-refractivity contribution is 9.10. The number of hydrogen-bond donors (Lipinski definition) is 0. The van der Waals surface area contributed by atoms with Crippen molar-refractivity contribution in [2.45, 2.75) is 12.8 Å². The molecule has 1 aliphatic heterocycles. The van der Waals surface area contributed by atoms with Gasteiger partial charge in [-0.25, -0.2) is 4.98 Å². The van der Waals surface area contributed by atoms with Gasteiger partial charge in [0.05, 0.1) is 6.61 Å². The van der Waals surface area contributed by atoms with E-state index in [1.807, 2.05) is 13.1 Å². The summed E-state index contributed by atoms with van der Waals surface area (Å²) in [6.45, 7) is 0.690. The molecule has 0 saturated heterocycles. The van der Waals surface area contributed by atoms with Gasteiger partial charge in [0.25, 0.3) is 0 Å². The topological polar surface area (TPSA) is 44.1 Å². The number of aryl methyl sites for hydroxylation is 1. The minimum atomic E-state index is 0.00306. The number of nitrogens with zero attached hydrogens (tertiary/aromatic N) is 2. The van der Waals surface area contributed by atoms with Crippen LogP contribution in [0.1, 0.15) is 21.7 Å². The number of hydrogen-bond acceptors (Lipinski definition) is 3. The summed E-state index contributed by atoms with van der Waals surface area (Å²) >= 11 is 3.48. The monoisotopic (exact) mass is 320 g/mol. The van der Waals surface area contributed by atoms with Gasteiger partial charge in [0.15, 0.2) is 5.82 Å². The van der Waals surface area contributed by atoms with Crippen LogP contribution in [0.25, 0.3) is 0 Å². The molecular weight excluding hydrogens is 308 g/mol. The van der Waals surface area contributed by atoms with E-state index >= 15 is 0 Å². The van der Waals surface area contributed by atoms with Gasteiger partial charge in [0, 0.05) is 42.3 Å². The fourth-order valence-corrected chi connectivity index (χ4v) is 2.92. The van der Waals surface area contributed by atoms with Crippen LogP contribution < -0.4 is 4.74 Å². The van der Waals surface area contributed by atoms with Gasteiger partial charge in [-0.1, -0.05) is 15.9 Å². The molecule has 0 unspecified atom stereocenters. The number of aromatic nitrogens is 2. The number of carbonyl (C=O) groups is 1. The van der Waals surface area contributed by atoms with Gasteiger partial charge in [-0.15, -0.1) is 0 Å². The quantitative estimate of drug-likeness (QED) is 0.816. The number of carbonyl (C=O) groups excluding carboxylic acids is 1. The molecule has 1 aromatic heterocycles. The first-order valence-corrected chi connectivity index (χ1v) is 6.89. The van der Waals surface area contributed by atoms with Crippen LogP contribution in [0.2, 0.25) is 0 Å². The summed E-state index contributed by atoms with van der Waals surface area (Å²) < 4.78 is 8.36. The first-order chi connectivity index (χ1) is 9.15. The number of fused-ring (bicyclic) bond motifs is 1. The van der Waals surface area contributed by atoms with Crippen molar-refractivity contribution >= 4 is 21.7 Å². The molecule has 5 heteroatoms. The van der Waals surface area contributed by atoms with Crippen molar-refractivity contribution in [3.63, 3.8) is 0 Å². The predicted molar refractivity (Wildman–Crippen MR) is 74.6 cm³/mol. The predicted octanol–water partition coefficient (Wildman–Crippen LogP) is 2.54. The molecule has 0 atom stereocenters. The number of imidazole rings is 1. The van der Waals surface area contributed by atoms with Gasteiger partial charge in [0.2, 0.25) is 5.78 Å². The van der Waals surface area contributed by atoms with Crippen LogP contribution in [-0.2, 0) is 19.9 Å². The van der Waals surface area contributed by atoms with E-state index in [0.29, 0.717) is 18.9 Å². The highest BCUT2D eigenvalue weighted by Gasteiger charge is 2.21. The Hall–Kier alpha value is -1.62. The van der Waals surface area contributed by atoms with Crippen molar-refractivity contribution < 1.29 is 9.53 Å². The lowest BCUT2D eigenvalue weighted by Gasteiger charge is -2.08. The van der Waals surface area contributed by atoms with Gasteiger partial charge in [-0.2, -0.15) is 0 Å². The summed E-state index contributed by atoms with van der Waals surface area (Å²) in [4.78, 5) is 16.3. The molecule has 1 aliphatic rings. The normalized spacial score (nSPS) is 13.2. The lowest BCUT2D eigenvalue weighted by molar-refractivity contribution is 0.0979. The smallest absolute Gasteiger partial charge is 0.202 e. The maximum Gasteiger partial charge on any atom is 0.202 e. The van der Waals surface area contributed by atoms with E-state index in [1.165, 1.54) is 0 Å². The number of halogens is 1. The summed E-state index contributed by atoms with van der Waals surface area (Å²) in [6.07, 6.45) is 4.62. The first-order valence-electron chi connectivity index (χ1n) is 6.10. The van der Waals surface area contributed by atoms with Crippen molar-refractivity contribution in [3.8, 4) is 5.75 Å². The van der Waals surface area contributed by atoms with E-state index in [9.17, 15) is 4.79 Å². The zero-order valence-electron chi connectivity index (χ0n) is 10.5. The number of ketones is 1. The van der Waals surface area contributed by atoms with E-state index in [1.54, 1.807) is 17.0 Å². The minimum absolute atomic E-state index is 0.00306. The average Bonchev–Trinajstić information content (AvgIpc) is 2.97. The van der Waals surface area contributed by atoms with Crippen LogP contribution >= 0.6 is 15.9 Å². The van der Waals surface area contributed by atoms with Gasteiger partial charge >= 0.3 is 0 Å². The van der Waals surface area contributed by atoms with Crippen LogP contribution in [0.4, 0.5) is 0 Å². The second-order valence-corrected chi connectivity index (χ2v) is 5.53. The van der Waals surface area contributed by atoms with Crippen LogP contribution in [0, 0.1) is 0 Å². The van der Waals surface area contributed by atoms with Crippen molar-refractivity contribution in [2.24, 2.45) is 7.05 Å². The van der Waals surface area contributed by atoms with Gasteiger partial charge in [0.1, 0.15) is 5.75 Å². The molecular formula is C14H13BrN2O2. The lowest BCUT2D eigenvalue weighted by atomic mass is 10.0. The maximum atomic E-state index is 12.3. The Bertz CT molecular complexity index is 649. The molecule has 0 N–H and O–H groups in total. The van der Waals surface area contributed by atoms with E-state index in [0.717, 1.165) is 27.8 Å². The number of Topliss-reactive ketones (excluding diaryl/α,β-unsaturated/α-hetero) is 1. The zero-order valence-corrected chi connectivity index (χ0v) is 12.1. The largest absolute Gasteiger partial charge is 0.493 e. The summed E-state index contributed by atoms with van der Waals surface area (Å²) in [7, 11) is 1.82. The molecule has 2 heterocycles. The molecule has 1 aromatic carbocycles. The highest BCUT2D eigenvalue weighted by atomic mass is 79.9. The Labute approximate surface area is 119 Å². The lowest BCUT2D eigenvalue weighted by Crippen LogP contribution is -2.10. The third-order valence-corrected chi connectivity index (χ3v) is 3.70. The van der Waals surface area contributed by atoms with Crippen molar-refractivity contribution in [1.29, 1.82) is 0 Å². The Morgan fingerprint density at radius 3 is 3.11 bits per heavy atom. The summed E-state index contributed by atoms with van der Waals surface area (Å²) in [5.41, 5.74) is 2.09. The molecule has 0 radical (unpaired) electrons. The molecule has 0 bridgehead atoms. The van der Waals surface area contributed by atoms with Crippen molar-refractivity contribution in [1.82, 2.24) is 9.55 Å². The molecule has 0 amide bonds. The zero-order chi connectivity index (χ0) is 13.4. The molecule has 19 heavy (non-hydrogen) atoms. The molecule has 0 fully saturated rings. The summed E-state index contributed by atoms with van der Waals surface area (Å²) in [5.74, 6) is 1.35. The number of benzene rings is 1. The van der Waals surface area contributed by atoms with Gasteiger partial charge < -0.3 is 9.30 Å². The summed E-state index contributed by atoms with van der Waals surface area (Å²) in [6, 6.07) is 4.00. The first kappa shape index (κ1) is 12.4. The molecule has 0 spiro atoms. The van der Waals surface area contributed by atoms with E-state index in [2.05, 4.69) is 27.0 Å². The van der Waals surface area contributed by atoms with E-state index in [4.69, 9.17) is 4.74 Å². The van der Waals surface area contributed by atoms with Crippen LogP contribution in [0.3, 0.4) is 0 Å². The van der Waals surface area contributed by atoms with Crippen LogP contribution in [0.15, 0.2) is 29.0 Å².